The Morgan fingerprint density at radius 1 is 1.21 bits per heavy atom. The minimum Gasteiger partial charge on any atom is -0.477 e. The summed E-state index contributed by atoms with van der Waals surface area (Å²) < 4.78 is 39.4. The van der Waals surface area contributed by atoms with Crippen molar-refractivity contribution in [1.82, 2.24) is 25.3 Å². The Balaban J connectivity index is 1.35. The molecule has 0 spiro atoms. The number of thiazole rings is 1. The fraction of sp³-hybridized carbons (Fsp3) is 0.480. The summed E-state index contributed by atoms with van der Waals surface area (Å²) in [6.45, 7) is 3.39. The third kappa shape index (κ3) is 6.11. The van der Waals surface area contributed by atoms with Gasteiger partial charge in [0, 0.05) is 24.9 Å². The summed E-state index contributed by atoms with van der Waals surface area (Å²) in [5.41, 5.74) is 1.56. The van der Waals surface area contributed by atoms with Crippen molar-refractivity contribution in [2.45, 2.75) is 50.3 Å². The maximum Gasteiger partial charge on any atom is 0.280 e. The summed E-state index contributed by atoms with van der Waals surface area (Å²) in [5.74, 6) is 0.0346. The highest BCUT2D eigenvalue weighted by Gasteiger charge is 2.32. The number of pyridine rings is 1. The molecule has 0 bridgehead atoms. The summed E-state index contributed by atoms with van der Waals surface area (Å²) in [6, 6.07) is 2.84. The Bertz CT molecular complexity index is 1370. The molecule has 0 aromatic carbocycles. The van der Waals surface area contributed by atoms with Gasteiger partial charge in [-0.05, 0) is 38.3 Å². The van der Waals surface area contributed by atoms with Gasteiger partial charge in [0.2, 0.25) is 15.9 Å². The van der Waals surface area contributed by atoms with Gasteiger partial charge in [-0.2, -0.15) is 0 Å². The largest absolute Gasteiger partial charge is 0.477 e. The number of carbonyl (C=O) groups excluding carboxylic acids is 1. The lowest BCUT2D eigenvalue weighted by Crippen LogP contribution is -2.34. The normalized spacial score (nSPS) is 18.8. The van der Waals surface area contributed by atoms with Gasteiger partial charge in [0.1, 0.15) is 5.69 Å². The van der Waals surface area contributed by atoms with Crippen LogP contribution in [0.1, 0.15) is 60.6 Å². The summed E-state index contributed by atoms with van der Waals surface area (Å²) in [4.78, 5) is 31.3. The fourth-order valence-electron chi connectivity index (χ4n) is 4.76. The van der Waals surface area contributed by atoms with E-state index in [-0.39, 0.29) is 22.1 Å². The van der Waals surface area contributed by atoms with Crippen molar-refractivity contribution in [3.05, 3.63) is 47.6 Å². The number of hydrogen-bond acceptors (Lipinski definition) is 10. The van der Waals surface area contributed by atoms with Crippen LogP contribution in [0.4, 0.5) is 5.69 Å². The SMILES string of the molecule is CCOc1cncc(-c2cnc(C(=O)NC(c3cc(NS(=O)(=O)C4CCCC4)ccn3)C3CCOC3)s2)n1. The molecule has 2 aliphatic rings. The van der Waals surface area contributed by atoms with Gasteiger partial charge in [0.15, 0.2) is 5.01 Å². The van der Waals surface area contributed by atoms with Gasteiger partial charge in [0.05, 0.1) is 53.2 Å². The number of sulfonamides is 1. The average Bonchev–Trinajstić information content (AvgIpc) is 3.70. The highest BCUT2D eigenvalue weighted by atomic mass is 32.2. The first-order valence-electron chi connectivity index (χ1n) is 12.7. The van der Waals surface area contributed by atoms with Crippen molar-refractivity contribution in [3.63, 3.8) is 0 Å². The van der Waals surface area contributed by atoms with Gasteiger partial charge in [0.25, 0.3) is 5.91 Å². The van der Waals surface area contributed by atoms with Gasteiger partial charge in [-0.25, -0.2) is 18.4 Å². The lowest BCUT2D eigenvalue weighted by atomic mass is 9.95. The molecular formula is C25H30N6O5S2. The molecule has 38 heavy (non-hydrogen) atoms. The Labute approximate surface area is 225 Å². The van der Waals surface area contributed by atoms with Crippen molar-refractivity contribution < 1.29 is 22.7 Å². The molecule has 2 N–H and O–H groups in total. The van der Waals surface area contributed by atoms with E-state index in [9.17, 15) is 13.2 Å². The third-order valence-electron chi connectivity index (χ3n) is 6.68. The molecule has 11 nitrogen and oxygen atoms in total. The number of amides is 1. The number of rotatable bonds is 10. The topological polar surface area (TPSA) is 145 Å². The zero-order valence-electron chi connectivity index (χ0n) is 21.0. The number of nitrogens with zero attached hydrogens (tertiary/aromatic N) is 4. The zero-order chi connectivity index (χ0) is 26.5. The molecule has 2 unspecified atom stereocenters. The number of aromatic nitrogens is 4. The monoisotopic (exact) mass is 558 g/mol. The van der Waals surface area contributed by atoms with Crippen molar-refractivity contribution in [2.24, 2.45) is 5.92 Å². The van der Waals surface area contributed by atoms with Gasteiger partial charge >= 0.3 is 0 Å². The highest BCUT2D eigenvalue weighted by Crippen LogP contribution is 2.32. The average molecular weight is 559 g/mol. The Morgan fingerprint density at radius 2 is 2.05 bits per heavy atom. The third-order valence-corrected chi connectivity index (χ3v) is 9.57. The number of nitrogens with one attached hydrogen (secondary N) is 2. The molecule has 0 radical (unpaired) electrons. The van der Waals surface area contributed by atoms with Crippen LogP contribution < -0.4 is 14.8 Å². The van der Waals surface area contributed by atoms with Crippen molar-refractivity contribution in [2.75, 3.05) is 24.5 Å². The molecule has 2 atom stereocenters. The second kappa shape index (κ2) is 11.7. The van der Waals surface area contributed by atoms with Crippen molar-refractivity contribution >= 4 is 33.0 Å². The van der Waals surface area contributed by atoms with Crippen LogP contribution in [-0.4, -0.2) is 59.3 Å². The maximum atomic E-state index is 13.3. The Hall–Kier alpha value is -3.16. The molecule has 1 amide bonds. The molecule has 1 aliphatic carbocycles. The van der Waals surface area contributed by atoms with Crippen LogP contribution >= 0.6 is 11.3 Å². The van der Waals surface area contributed by atoms with E-state index in [1.54, 1.807) is 30.7 Å². The van der Waals surface area contributed by atoms with Crippen LogP contribution in [-0.2, 0) is 14.8 Å². The predicted molar refractivity (Wildman–Crippen MR) is 142 cm³/mol. The molecular weight excluding hydrogens is 528 g/mol. The highest BCUT2D eigenvalue weighted by molar-refractivity contribution is 7.93. The number of hydrogen-bond donors (Lipinski definition) is 2. The van der Waals surface area contributed by atoms with E-state index >= 15 is 0 Å². The van der Waals surface area contributed by atoms with E-state index in [4.69, 9.17) is 9.47 Å². The zero-order valence-corrected chi connectivity index (χ0v) is 22.6. The first-order valence-corrected chi connectivity index (χ1v) is 15.1. The molecule has 13 heteroatoms. The standard InChI is InChI=1S/C25H30N6O5S2/c1-2-36-22-14-26-12-20(29-22)21-13-28-25(37-21)24(32)30-23(16-8-10-35-15-16)19-11-17(7-9-27-19)31-38(33,34)18-5-3-4-6-18/h7,9,11-14,16,18,23H,2-6,8,10,15H2,1H3,(H,27,31)(H,30,32). The molecule has 202 valence electrons. The van der Waals surface area contributed by atoms with E-state index in [2.05, 4.69) is 30.0 Å². The van der Waals surface area contributed by atoms with Gasteiger partial charge < -0.3 is 14.8 Å². The van der Waals surface area contributed by atoms with Crippen molar-refractivity contribution in [1.29, 1.82) is 0 Å². The maximum absolute atomic E-state index is 13.3. The van der Waals surface area contributed by atoms with Crippen LogP contribution in [0.25, 0.3) is 10.6 Å². The number of anilines is 1. The summed E-state index contributed by atoms with van der Waals surface area (Å²) in [7, 11) is -3.49. The minimum atomic E-state index is -3.49. The van der Waals surface area contributed by atoms with E-state index in [0.29, 0.717) is 60.5 Å². The molecule has 5 rings (SSSR count). The Morgan fingerprint density at radius 3 is 2.82 bits per heavy atom. The summed E-state index contributed by atoms with van der Waals surface area (Å²) in [6.07, 6.45) is 10.2. The molecule has 3 aromatic rings. The van der Waals surface area contributed by atoms with Crippen LogP contribution in [0.5, 0.6) is 5.88 Å². The first-order chi connectivity index (χ1) is 18.4. The van der Waals surface area contributed by atoms with Crippen molar-refractivity contribution in [3.8, 4) is 16.5 Å². The van der Waals surface area contributed by atoms with Gasteiger partial charge in [-0.15, -0.1) is 11.3 Å². The summed E-state index contributed by atoms with van der Waals surface area (Å²) >= 11 is 1.20. The number of carbonyl (C=O) groups is 1. The predicted octanol–water partition coefficient (Wildman–Crippen LogP) is 3.59. The lowest BCUT2D eigenvalue weighted by molar-refractivity contribution is 0.0914. The van der Waals surface area contributed by atoms with Gasteiger partial charge in [-0.3, -0.25) is 19.5 Å². The second-order valence-electron chi connectivity index (χ2n) is 9.30. The first kappa shape index (κ1) is 26.4. The van der Waals surface area contributed by atoms with Crippen LogP contribution in [0.3, 0.4) is 0 Å². The van der Waals surface area contributed by atoms with E-state index in [1.807, 2.05) is 6.92 Å². The molecule has 3 aromatic heterocycles. The van der Waals surface area contributed by atoms with Crippen LogP contribution in [0.2, 0.25) is 0 Å². The second-order valence-corrected chi connectivity index (χ2v) is 12.3. The van der Waals surface area contributed by atoms with E-state index in [0.717, 1.165) is 19.3 Å². The lowest BCUT2D eigenvalue weighted by Gasteiger charge is -2.23. The fourth-order valence-corrected chi connectivity index (χ4v) is 7.11. The minimum absolute atomic E-state index is 0.0127. The van der Waals surface area contributed by atoms with E-state index < -0.39 is 16.1 Å². The van der Waals surface area contributed by atoms with E-state index in [1.165, 1.54) is 17.5 Å². The summed E-state index contributed by atoms with van der Waals surface area (Å²) in [5, 5.41) is 2.95. The molecule has 2 fully saturated rings. The van der Waals surface area contributed by atoms with Crippen LogP contribution in [0, 0.1) is 5.92 Å². The smallest absolute Gasteiger partial charge is 0.280 e. The van der Waals surface area contributed by atoms with Crippen LogP contribution in [0.15, 0.2) is 36.9 Å². The molecule has 1 saturated carbocycles. The quantitative estimate of drug-likeness (QED) is 0.381. The Kier molecular flexibility index (Phi) is 8.15. The molecule has 4 heterocycles. The van der Waals surface area contributed by atoms with Gasteiger partial charge in [-0.1, -0.05) is 12.8 Å². The molecule has 1 aliphatic heterocycles. The number of ether oxygens (including phenoxy) is 2. The molecule has 1 saturated heterocycles.